The lowest BCUT2D eigenvalue weighted by molar-refractivity contribution is -0.170. The Morgan fingerprint density at radius 2 is 1.68 bits per heavy atom. The summed E-state index contributed by atoms with van der Waals surface area (Å²) in [6, 6.07) is 0. The number of carbonyl (C=O) groups is 4. The van der Waals surface area contributed by atoms with Crippen LogP contribution < -0.4 is 0 Å². The molecule has 0 aliphatic carbocycles. The van der Waals surface area contributed by atoms with Gasteiger partial charge in [0.1, 0.15) is 11.5 Å². The van der Waals surface area contributed by atoms with Crippen molar-refractivity contribution in [3.8, 4) is 0 Å². The molecule has 0 saturated carbocycles. The average molecular weight is 313 g/mol. The first-order chi connectivity index (χ1) is 10.2. The van der Waals surface area contributed by atoms with E-state index < -0.39 is 40.8 Å². The van der Waals surface area contributed by atoms with E-state index in [1.807, 2.05) is 0 Å². The first-order valence-corrected chi connectivity index (χ1v) is 6.95. The molecular weight excluding hydrogens is 294 g/mol. The number of nitrogens with zero attached hydrogens (tertiary/aromatic N) is 1. The quantitative estimate of drug-likeness (QED) is 0.611. The maximum absolute atomic E-state index is 12.4. The van der Waals surface area contributed by atoms with Crippen LogP contribution >= 0.6 is 0 Å². The summed E-state index contributed by atoms with van der Waals surface area (Å²) in [5.74, 6) is -6.99. The molecule has 122 valence electrons. The SMILES string of the molecule is CCC1=C(C(=O)O)C(=O)N(CC)C(CC)(C(=O)O)C1C(=O)O. The number of amides is 1. The Morgan fingerprint density at radius 1 is 1.14 bits per heavy atom. The standard InChI is InChI=1S/C14H19NO7/c1-4-7-8(11(17)18)10(16)15(6-3)14(5-2,13(21)22)9(7)12(19)20/h9H,4-6H2,1-3H3,(H,17,18)(H,19,20)(H,21,22). The summed E-state index contributed by atoms with van der Waals surface area (Å²) in [5.41, 5.74) is -2.77. The average Bonchev–Trinajstić information content (AvgIpc) is 2.43. The van der Waals surface area contributed by atoms with Gasteiger partial charge in [0.05, 0.1) is 0 Å². The Kier molecular flexibility index (Phi) is 4.95. The Morgan fingerprint density at radius 3 is 1.95 bits per heavy atom. The van der Waals surface area contributed by atoms with Crippen LogP contribution in [-0.4, -0.2) is 56.1 Å². The van der Waals surface area contributed by atoms with Crippen molar-refractivity contribution in [3.63, 3.8) is 0 Å². The molecule has 0 aromatic rings. The lowest BCUT2D eigenvalue weighted by Gasteiger charge is -2.47. The number of hydrogen-bond donors (Lipinski definition) is 3. The normalized spacial score (nSPS) is 25.3. The minimum atomic E-state index is -1.98. The van der Waals surface area contributed by atoms with Crippen molar-refractivity contribution in [2.75, 3.05) is 6.54 Å². The van der Waals surface area contributed by atoms with Crippen LogP contribution in [0.3, 0.4) is 0 Å². The van der Waals surface area contributed by atoms with Crippen LogP contribution in [0.1, 0.15) is 33.6 Å². The lowest BCUT2D eigenvalue weighted by Crippen LogP contribution is -2.66. The van der Waals surface area contributed by atoms with Gasteiger partial charge in [0.25, 0.3) is 5.91 Å². The predicted molar refractivity (Wildman–Crippen MR) is 74.1 cm³/mol. The molecule has 0 fully saturated rings. The van der Waals surface area contributed by atoms with Crippen LogP contribution in [0.25, 0.3) is 0 Å². The third kappa shape index (κ3) is 2.24. The number of hydrogen-bond acceptors (Lipinski definition) is 4. The molecule has 8 heteroatoms. The third-order valence-corrected chi connectivity index (χ3v) is 4.16. The minimum Gasteiger partial charge on any atom is -0.481 e. The van der Waals surface area contributed by atoms with Crippen molar-refractivity contribution in [2.24, 2.45) is 5.92 Å². The number of carboxylic acid groups (broad SMARTS) is 3. The summed E-state index contributed by atoms with van der Waals surface area (Å²) in [6.07, 6.45) is -0.174. The van der Waals surface area contributed by atoms with Gasteiger partial charge in [-0.25, -0.2) is 9.59 Å². The van der Waals surface area contributed by atoms with E-state index in [-0.39, 0.29) is 25.0 Å². The maximum atomic E-state index is 12.4. The van der Waals surface area contributed by atoms with Crippen molar-refractivity contribution in [1.82, 2.24) is 4.90 Å². The van der Waals surface area contributed by atoms with Crippen LogP contribution in [0.5, 0.6) is 0 Å². The smallest absolute Gasteiger partial charge is 0.341 e. The topological polar surface area (TPSA) is 132 Å². The monoisotopic (exact) mass is 313 g/mol. The second kappa shape index (κ2) is 6.17. The van der Waals surface area contributed by atoms with Crippen molar-refractivity contribution < 1.29 is 34.5 Å². The predicted octanol–water partition coefficient (Wildman–Crippen LogP) is 0.574. The molecule has 2 unspecified atom stereocenters. The second-order valence-corrected chi connectivity index (χ2v) is 4.96. The highest BCUT2D eigenvalue weighted by atomic mass is 16.4. The van der Waals surface area contributed by atoms with Gasteiger partial charge in [0, 0.05) is 6.54 Å². The molecule has 0 radical (unpaired) electrons. The van der Waals surface area contributed by atoms with Gasteiger partial charge in [-0.1, -0.05) is 13.8 Å². The Balaban J connectivity index is 3.86. The molecule has 8 nitrogen and oxygen atoms in total. The minimum absolute atomic E-state index is 0.0308. The van der Waals surface area contributed by atoms with Crippen molar-refractivity contribution in [2.45, 2.75) is 39.2 Å². The fourth-order valence-corrected chi connectivity index (χ4v) is 3.22. The van der Waals surface area contributed by atoms with Crippen molar-refractivity contribution >= 4 is 23.8 Å². The van der Waals surface area contributed by atoms with Crippen LogP contribution in [0, 0.1) is 5.92 Å². The van der Waals surface area contributed by atoms with Gasteiger partial charge in [-0.15, -0.1) is 0 Å². The zero-order valence-corrected chi connectivity index (χ0v) is 12.6. The first-order valence-electron chi connectivity index (χ1n) is 6.95. The molecule has 0 aromatic carbocycles. The highest BCUT2D eigenvalue weighted by Crippen LogP contribution is 2.42. The van der Waals surface area contributed by atoms with Crippen LogP contribution in [0.2, 0.25) is 0 Å². The van der Waals surface area contributed by atoms with Gasteiger partial charge in [0.2, 0.25) is 0 Å². The molecular formula is C14H19NO7. The number of carboxylic acids is 3. The summed E-state index contributed by atoms with van der Waals surface area (Å²) < 4.78 is 0. The van der Waals surface area contributed by atoms with Gasteiger partial charge in [-0.05, 0) is 25.3 Å². The first kappa shape index (κ1) is 17.7. The Hall–Kier alpha value is -2.38. The van der Waals surface area contributed by atoms with Crippen molar-refractivity contribution in [3.05, 3.63) is 11.1 Å². The molecule has 1 heterocycles. The molecule has 1 amide bonds. The van der Waals surface area contributed by atoms with Crippen LogP contribution in [0.15, 0.2) is 11.1 Å². The van der Waals surface area contributed by atoms with E-state index in [0.29, 0.717) is 0 Å². The molecule has 0 spiro atoms. The Bertz CT molecular complexity index is 566. The van der Waals surface area contributed by atoms with Crippen molar-refractivity contribution in [1.29, 1.82) is 0 Å². The van der Waals surface area contributed by atoms with Crippen LogP contribution in [0.4, 0.5) is 0 Å². The second-order valence-electron chi connectivity index (χ2n) is 4.96. The number of likely N-dealkylation sites (N-methyl/N-ethyl adjacent to an activating group) is 1. The molecule has 0 saturated heterocycles. The van der Waals surface area contributed by atoms with Gasteiger partial charge in [0.15, 0.2) is 5.54 Å². The highest BCUT2D eigenvalue weighted by molar-refractivity contribution is 6.19. The highest BCUT2D eigenvalue weighted by Gasteiger charge is 2.59. The molecule has 2 atom stereocenters. The van der Waals surface area contributed by atoms with Gasteiger partial charge in [-0.3, -0.25) is 9.59 Å². The maximum Gasteiger partial charge on any atom is 0.341 e. The zero-order chi connectivity index (χ0) is 17.2. The summed E-state index contributed by atoms with van der Waals surface area (Å²) in [4.78, 5) is 48.2. The fraction of sp³-hybridized carbons (Fsp3) is 0.571. The van der Waals surface area contributed by atoms with E-state index in [0.717, 1.165) is 4.90 Å². The van der Waals surface area contributed by atoms with E-state index in [1.165, 1.54) is 20.8 Å². The van der Waals surface area contributed by atoms with E-state index in [4.69, 9.17) is 0 Å². The van der Waals surface area contributed by atoms with Gasteiger partial charge < -0.3 is 20.2 Å². The van der Waals surface area contributed by atoms with E-state index in [1.54, 1.807) is 0 Å². The van der Waals surface area contributed by atoms with E-state index in [9.17, 15) is 34.5 Å². The third-order valence-electron chi connectivity index (χ3n) is 4.16. The fourth-order valence-electron chi connectivity index (χ4n) is 3.22. The summed E-state index contributed by atoms with van der Waals surface area (Å²) >= 11 is 0. The molecule has 1 rings (SSSR count). The zero-order valence-electron chi connectivity index (χ0n) is 12.6. The number of rotatable bonds is 6. The summed E-state index contributed by atoms with van der Waals surface area (Å²) in [6.45, 7) is 4.36. The number of carbonyl (C=O) groups excluding carboxylic acids is 1. The molecule has 0 bridgehead atoms. The van der Waals surface area contributed by atoms with Gasteiger partial charge in [-0.2, -0.15) is 0 Å². The molecule has 1 aliphatic heterocycles. The lowest BCUT2D eigenvalue weighted by atomic mass is 9.70. The largest absolute Gasteiger partial charge is 0.481 e. The molecule has 3 N–H and O–H groups in total. The van der Waals surface area contributed by atoms with E-state index >= 15 is 0 Å². The van der Waals surface area contributed by atoms with Crippen LogP contribution in [-0.2, 0) is 19.2 Å². The van der Waals surface area contributed by atoms with E-state index in [2.05, 4.69) is 0 Å². The summed E-state index contributed by atoms with van der Waals surface area (Å²) in [7, 11) is 0. The van der Waals surface area contributed by atoms with Gasteiger partial charge >= 0.3 is 17.9 Å². The molecule has 0 aromatic heterocycles. The Labute approximate surface area is 127 Å². The number of aliphatic carboxylic acids is 3. The molecule has 22 heavy (non-hydrogen) atoms. The summed E-state index contributed by atoms with van der Waals surface area (Å²) in [5, 5.41) is 28.4. The molecule has 1 aliphatic rings.